The molecule has 0 N–H and O–H groups in total. The van der Waals surface area contributed by atoms with E-state index in [1.54, 1.807) is 29.5 Å². The summed E-state index contributed by atoms with van der Waals surface area (Å²) in [4.78, 5) is 0. The zero-order valence-electron chi connectivity index (χ0n) is 8.02. The molecule has 0 aromatic heterocycles. The molecule has 1 aromatic rings. The number of rotatable bonds is 1. The summed E-state index contributed by atoms with van der Waals surface area (Å²) in [5.74, 6) is -2.27. The van der Waals surface area contributed by atoms with Gasteiger partial charge in [0.25, 0.3) is 0 Å². The van der Waals surface area contributed by atoms with Gasteiger partial charge in [-0.1, -0.05) is 0 Å². The average Bonchev–Trinajstić information content (AvgIpc) is 2.62. The van der Waals surface area contributed by atoms with Crippen LogP contribution in [0.1, 0.15) is 12.5 Å². The molecule has 2 nitrogen and oxygen atoms in total. The first-order valence-electron chi connectivity index (χ1n) is 4.46. The molecular weight excluding hydrogens is 317 g/mol. The third kappa shape index (κ3) is 1.88. The molecule has 0 spiro atoms. The summed E-state index contributed by atoms with van der Waals surface area (Å²) in [5.41, 5.74) is 0.241. The maximum absolute atomic E-state index is 13.8. The Hall–Kier alpha value is -0.270. The predicted molar refractivity (Wildman–Crippen MR) is 58.3 cm³/mol. The lowest BCUT2D eigenvalue weighted by Gasteiger charge is -2.23. The minimum Gasteiger partial charge on any atom is -0.344 e. The van der Waals surface area contributed by atoms with Crippen LogP contribution in [0.2, 0.25) is 0 Å². The van der Waals surface area contributed by atoms with Gasteiger partial charge >= 0.3 is 0 Å². The molecule has 0 atom stereocenters. The van der Waals surface area contributed by atoms with Crippen LogP contribution in [0.25, 0.3) is 0 Å². The highest BCUT2D eigenvalue weighted by Crippen LogP contribution is 2.34. The first-order valence-corrected chi connectivity index (χ1v) is 5.54. The second kappa shape index (κ2) is 3.95. The molecule has 82 valence electrons. The SMILES string of the molecule is CC1(c2ccc(F)c(I)c2F)OCCO1. The van der Waals surface area contributed by atoms with Gasteiger partial charge in [0.2, 0.25) is 0 Å². The van der Waals surface area contributed by atoms with Crippen LogP contribution in [0.3, 0.4) is 0 Å². The predicted octanol–water partition coefficient (Wildman–Crippen LogP) is 2.79. The molecule has 0 saturated carbocycles. The Morgan fingerprint density at radius 3 is 2.47 bits per heavy atom. The number of benzene rings is 1. The molecule has 1 aliphatic heterocycles. The second-order valence-electron chi connectivity index (χ2n) is 3.37. The van der Waals surface area contributed by atoms with Crippen molar-refractivity contribution in [2.45, 2.75) is 12.7 Å². The van der Waals surface area contributed by atoms with Crippen molar-refractivity contribution in [3.63, 3.8) is 0 Å². The molecular formula is C10H9F2IO2. The molecule has 5 heteroatoms. The highest BCUT2D eigenvalue weighted by Gasteiger charge is 2.36. The van der Waals surface area contributed by atoms with Gasteiger partial charge in [-0.15, -0.1) is 0 Å². The Labute approximate surface area is 99.7 Å². The van der Waals surface area contributed by atoms with Gasteiger partial charge in [-0.05, 0) is 41.6 Å². The van der Waals surface area contributed by atoms with E-state index >= 15 is 0 Å². The molecule has 1 fully saturated rings. The first-order chi connectivity index (χ1) is 7.04. The van der Waals surface area contributed by atoms with Crippen LogP contribution in [0.4, 0.5) is 8.78 Å². The van der Waals surface area contributed by atoms with Crippen LogP contribution in [-0.4, -0.2) is 13.2 Å². The molecule has 0 amide bonds. The lowest BCUT2D eigenvalue weighted by Crippen LogP contribution is -2.24. The van der Waals surface area contributed by atoms with Crippen molar-refractivity contribution in [3.05, 3.63) is 32.9 Å². The van der Waals surface area contributed by atoms with Crippen molar-refractivity contribution < 1.29 is 18.3 Å². The van der Waals surface area contributed by atoms with Crippen molar-refractivity contribution in [1.82, 2.24) is 0 Å². The summed E-state index contributed by atoms with van der Waals surface area (Å²) >= 11 is 1.63. The minimum atomic E-state index is -1.09. The van der Waals surface area contributed by atoms with E-state index < -0.39 is 17.4 Å². The lowest BCUT2D eigenvalue weighted by molar-refractivity contribution is -0.151. The molecule has 1 aliphatic rings. The van der Waals surface area contributed by atoms with E-state index in [0.717, 1.165) is 0 Å². The van der Waals surface area contributed by atoms with Crippen molar-refractivity contribution >= 4 is 22.6 Å². The monoisotopic (exact) mass is 326 g/mol. The van der Waals surface area contributed by atoms with E-state index in [4.69, 9.17) is 9.47 Å². The standard InChI is InChI=1S/C10H9F2IO2/c1-10(14-4-5-15-10)6-2-3-7(11)9(13)8(6)12/h2-3H,4-5H2,1H3. The Kier molecular flexibility index (Phi) is 2.96. The van der Waals surface area contributed by atoms with Crippen LogP contribution in [0, 0.1) is 15.2 Å². The maximum Gasteiger partial charge on any atom is 0.194 e. The normalized spacial score (nSPS) is 19.5. The van der Waals surface area contributed by atoms with E-state index in [2.05, 4.69) is 0 Å². The van der Waals surface area contributed by atoms with Gasteiger partial charge in [0.1, 0.15) is 11.6 Å². The van der Waals surface area contributed by atoms with Crippen LogP contribution in [0.5, 0.6) is 0 Å². The van der Waals surface area contributed by atoms with Crippen molar-refractivity contribution in [2.24, 2.45) is 0 Å². The van der Waals surface area contributed by atoms with Gasteiger partial charge in [0.05, 0.1) is 16.8 Å². The fourth-order valence-electron chi connectivity index (χ4n) is 1.55. The first kappa shape index (κ1) is 11.2. The van der Waals surface area contributed by atoms with E-state index in [1.807, 2.05) is 0 Å². The van der Waals surface area contributed by atoms with Crippen LogP contribution in [-0.2, 0) is 15.3 Å². The van der Waals surface area contributed by atoms with Gasteiger partial charge in [-0.3, -0.25) is 0 Å². The second-order valence-corrected chi connectivity index (χ2v) is 4.44. The Morgan fingerprint density at radius 1 is 1.27 bits per heavy atom. The van der Waals surface area contributed by atoms with Gasteiger partial charge in [0, 0.05) is 5.56 Å². The van der Waals surface area contributed by atoms with E-state index in [1.165, 1.54) is 12.1 Å². The quantitative estimate of drug-likeness (QED) is 0.584. The van der Waals surface area contributed by atoms with Crippen molar-refractivity contribution in [2.75, 3.05) is 13.2 Å². The van der Waals surface area contributed by atoms with Gasteiger partial charge < -0.3 is 9.47 Å². The van der Waals surface area contributed by atoms with Crippen LogP contribution < -0.4 is 0 Å². The molecule has 15 heavy (non-hydrogen) atoms. The minimum absolute atomic E-state index is 0.0366. The van der Waals surface area contributed by atoms with Gasteiger partial charge in [-0.2, -0.15) is 0 Å². The molecule has 0 bridgehead atoms. The van der Waals surface area contributed by atoms with Gasteiger partial charge in [-0.25, -0.2) is 8.78 Å². The molecule has 1 saturated heterocycles. The number of ether oxygens (including phenoxy) is 2. The smallest absolute Gasteiger partial charge is 0.194 e. The summed E-state index contributed by atoms with van der Waals surface area (Å²) in [5, 5.41) is 0. The Balaban J connectivity index is 2.49. The average molecular weight is 326 g/mol. The summed E-state index contributed by atoms with van der Waals surface area (Å²) < 4.78 is 37.4. The Bertz CT molecular complexity index is 389. The lowest BCUT2D eigenvalue weighted by atomic mass is 10.1. The fourth-order valence-corrected chi connectivity index (χ4v) is 2.02. The Morgan fingerprint density at radius 2 is 1.87 bits per heavy atom. The summed E-state index contributed by atoms with van der Waals surface area (Å²) in [7, 11) is 0. The zero-order valence-corrected chi connectivity index (χ0v) is 10.2. The third-order valence-corrected chi connectivity index (χ3v) is 3.35. The number of hydrogen-bond donors (Lipinski definition) is 0. The number of hydrogen-bond acceptors (Lipinski definition) is 2. The van der Waals surface area contributed by atoms with Gasteiger partial charge in [0.15, 0.2) is 5.79 Å². The molecule has 0 radical (unpaired) electrons. The fraction of sp³-hybridized carbons (Fsp3) is 0.400. The molecule has 2 rings (SSSR count). The highest BCUT2D eigenvalue weighted by atomic mass is 127. The molecule has 1 heterocycles. The summed E-state index contributed by atoms with van der Waals surface area (Å²) in [6.07, 6.45) is 0. The van der Waals surface area contributed by atoms with E-state index in [0.29, 0.717) is 13.2 Å². The topological polar surface area (TPSA) is 18.5 Å². The van der Waals surface area contributed by atoms with E-state index in [-0.39, 0.29) is 9.13 Å². The number of halogens is 3. The molecule has 0 aliphatic carbocycles. The third-order valence-electron chi connectivity index (χ3n) is 2.36. The highest BCUT2D eigenvalue weighted by molar-refractivity contribution is 14.1. The molecule has 0 unspecified atom stereocenters. The van der Waals surface area contributed by atoms with E-state index in [9.17, 15) is 8.78 Å². The summed E-state index contributed by atoms with van der Waals surface area (Å²) in [6, 6.07) is 2.58. The molecule has 1 aromatic carbocycles. The zero-order chi connectivity index (χ0) is 11.1. The van der Waals surface area contributed by atoms with Crippen LogP contribution in [0.15, 0.2) is 12.1 Å². The van der Waals surface area contributed by atoms with Crippen LogP contribution >= 0.6 is 22.6 Å². The summed E-state index contributed by atoms with van der Waals surface area (Å²) in [6.45, 7) is 2.47. The largest absolute Gasteiger partial charge is 0.344 e. The van der Waals surface area contributed by atoms with Crippen molar-refractivity contribution in [1.29, 1.82) is 0 Å². The maximum atomic E-state index is 13.8. The van der Waals surface area contributed by atoms with Crippen molar-refractivity contribution in [3.8, 4) is 0 Å².